The molecule has 1 aliphatic rings. The lowest BCUT2D eigenvalue weighted by molar-refractivity contribution is 0.0730. The van der Waals surface area contributed by atoms with Crippen molar-refractivity contribution in [2.45, 2.75) is 31.7 Å². The summed E-state index contributed by atoms with van der Waals surface area (Å²) in [5, 5.41) is 2.97. The van der Waals surface area contributed by atoms with Gasteiger partial charge in [0.15, 0.2) is 0 Å². The second-order valence-electron chi connectivity index (χ2n) is 6.17. The third kappa shape index (κ3) is 4.27. The van der Waals surface area contributed by atoms with Gasteiger partial charge in [0, 0.05) is 24.7 Å². The maximum absolute atomic E-state index is 12.8. The molecular formula is C16H23ClN2O4S. The molecule has 1 fully saturated rings. The van der Waals surface area contributed by atoms with Crippen molar-refractivity contribution in [2.75, 3.05) is 26.3 Å². The predicted molar refractivity (Wildman–Crippen MR) is 92.8 cm³/mol. The minimum absolute atomic E-state index is 0.0209. The van der Waals surface area contributed by atoms with E-state index in [2.05, 4.69) is 5.32 Å². The summed E-state index contributed by atoms with van der Waals surface area (Å²) in [4.78, 5) is 12.3. The number of nitrogens with zero attached hydrogens (tertiary/aromatic N) is 1. The first kappa shape index (κ1) is 19.2. The highest BCUT2D eigenvalue weighted by Gasteiger charge is 2.29. The smallest absolute Gasteiger partial charge is 0.251 e. The molecule has 0 bridgehead atoms. The van der Waals surface area contributed by atoms with E-state index in [0.29, 0.717) is 13.2 Å². The highest BCUT2D eigenvalue weighted by atomic mass is 35.5. The van der Waals surface area contributed by atoms with Crippen molar-refractivity contribution in [1.29, 1.82) is 0 Å². The maximum atomic E-state index is 12.8. The number of nitrogens with one attached hydrogen (secondary N) is 1. The SMILES string of the molecule is CC(C)[C@@H](C)NC(=O)c1ccc(Cl)c(S(=O)(=O)N2CCOCC2)c1. The second-order valence-corrected chi connectivity index (χ2v) is 8.48. The van der Waals surface area contributed by atoms with Gasteiger partial charge in [-0.25, -0.2) is 8.42 Å². The van der Waals surface area contributed by atoms with Gasteiger partial charge in [-0.15, -0.1) is 0 Å². The van der Waals surface area contributed by atoms with Crippen LogP contribution in [-0.2, 0) is 14.8 Å². The lowest BCUT2D eigenvalue weighted by Crippen LogP contribution is -2.41. The molecule has 0 aromatic heterocycles. The fraction of sp³-hybridized carbons (Fsp3) is 0.562. The number of rotatable bonds is 5. The van der Waals surface area contributed by atoms with Crippen molar-refractivity contribution >= 4 is 27.5 Å². The van der Waals surface area contributed by atoms with Gasteiger partial charge >= 0.3 is 0 Å². The van der Waals surface area contributed by atoms with E-state index in [-0.39, 0.29) is 46.4 Å². The van der Waals surface area contributed by atoms with Crippen LogP contribution in [0.25, 0.3) is 0 Å². The Balaban J connectivity index is 2.29. The van der Waals surface area contributed by atoms with Crippen LogP contribution in [0.2, 0.25) is 5.02 Å². The number of hydrogen-bond acceptors (Lipinski definition) is 4. The molecule has 24 heavy (non-hydrogen) atoms. The first-order valence-electron chi connectivity index (χ1n) is 7.92. The Bertz CT molecular complexity index is 700. The van der Waals surface area contributed by atoms with Crippen LogP contribution in [-0.4, -0.2) is 51.0 Å². The largest absolute Gasteiger partial charge is 0.379 e. The quantitative estimate of drug-likeness (QED) is 0.856. The molecule has 1 N–H and O–H groups in total. The summed E-state index contributed by atoms with van der Waals surface area (Å²) in [5.74, 6) is -0.0379. The Hall–Kier alpha value is -1.15. The van der Waals surface area contributed by atoms with E-state index in [1.807, 2.05) is 20.8 Å². The van der Waals surface area contributed by atoms with E-state index in [0.717, 1.165) is 0 Å². The molecule has 0 aliphatic carbocycles. The van der Waals surface area contributed by atoms with E-state index in [1.165, 1.54) is 22.5 Å². The van der Waals surface area contributed by atoms with E-state index < -0.39 is 10.0 Å². The van der Waals surface area contributed by atoms with Gasteiger partial charge in [0.2, 0.25) is 10.0 Å². The Labute approximate surface area is 148 Å². The summed E-state index contributed by atoms with van der Waals surface area (Å²) in [6, 6.07) is 4.30. The Morgan fingerprint density at radius 1 is 1.25 bits per heavy atom. The molecule has 8 heteroatoms. The van der Waals surface area contributed by atoms with Crippen LogP contribution in [0, 0.1) is 5.92 Å². The van der Waals surface area contributed by atoms with Gasteiger partial charge in [-0.3, -0.25) is 4.79 Å². The number of morpholine rings is 1. The molecule has 6 nitrogen and oxygen atoms in total. The molecule has 1 aromatic carbocycles. The zero-order valence-electron chi connectivity index (χ0n) is 14.1. The van der Waals surface area contributed by atoms with Crippen LogP contribution in [0.15, 0.2) is 23.1 Å². The van der Waals surface area contributed by atoms with Crippen molar-refractivity contribution in [3.63, 3.8) is 0 Å². The first-order valence-corrected chi connectivity index (χ1v) is 9.73. The highest BCUT2D eigenvalue weighted by Crippen LogP contribution is 2.26. The maximum Gasteiger partial charge on any atom is 0.251 e. The minimum Gasteiger partial charge on any atom is -0.379 e. The molecule has 1 amide bonds. The molecule has 1 aliphatic heterocycles. The molecule has 0 saturated carbocycles. The van der Waals surface area contributed by atoms with Gasteiger partial charge in [0.05, 0.1) is 18.2 Å². The molecule has 1 saturated heterocycles. The number of halogens is 1. The Morgan fingerprint density at radius 3 is 2.46 bits per heavy atom. The highest BCUT2D eigenvalue weighted by molar-refractivity contribution is 7.89. The lowest BCUT2D eigenvalue weighted by Gasteiger charge is -2.26. The average molecular weight is 375 g/mol. The Morgan fingerprint density at radius 2 is 1.88 bits per heavy atom. The van der Waals surface area contributed by atoms with Gasteiger partial charge in [0.25, 0.3) is 5.91 Å². The van der Waals surface area contributed by atoms with Crippen LogP contribution in [0.4, 0.5) is 0 Å². The molecule has 0 radical (unpaired) electrons. The van der Waals surface area contributed by atoms with E-state index in [1.54, 1.807) is 0 Å². The predicted octanol–water partition coefficient (Wildman–Crippen LogP) is 2.14. The van der Waals surface area contributed by atoms with Gasteiger partial charge < -0.3 is 10.1 Å². The monoisotopic (exact) mass is 374 g/mol. The first-order chi connectivity index (χ1) is 11.2. The zero-order chi connectivity index (χ0) is 17.9. The minimum atomic E-state index is -3.75. The number of carbonyl (C=O) groups excluding carboxylic acids is 1. The second kappa shape index (κ2) is 7.82. The van der Waals surface area contributed by atoms with E-state index in [4.69, 9.17) is 16.3 Å². The van der Waals surface area contributed by atoms with Crippen LogP contribution in [0.5, 0.6) is 0 Å². The molecule has 1 heterocycles. The summed E-state index contributed by atoms with van der Waals surface area (Å²) in [7, 11) is -3.75. The molecule has 0 spiro atoms. The van der Waals surface area contributed by atoms with Gasteiger partial charge in [-0.2, -0.15) is 4.31 Å². The lowest BCUT2D eigenvalue weighted by atomic mass is 10.1. The number of ether oxygens (including phenoxy) is 1. The van der Waals surface area contributed by atoms with Crippen LogP contribution in [0.1, 0.15) is 31.1 Å². The number of hydrogen-bond donors (Lipinski definition) is 1. The molecular weight excluding hydrogens is 352 g/mol. The third-order valence-corrected chi connectivity index (χ3v) is 6.52. The molecule has 2 rings (SSSR count). The summed E-state index contributed by atoms with van der Waals surface area (Å²) < 4.78 is 32.1. The summed E-state index contributed by atoms with van der Waals surface area (Å²) in [6.45, 7) is 7.16. The standard InChI is InChI=1S/C16H23ClN2O4S/c1-11(2)12(3)18-16(20)13-4-5-14(17)15(10-13)24(21,22)19-6-8-23-9-7-19/h4-5,10-12H,6-9H2,1-3H3,(H,18,20)/t12-/m1/s1. The molecule has 1 aromatic rings. The normalized spacial score (nSPS) is 17.7. The fourth-order valence-corrected chi connectivity index (χ4v) is 4.13. The van der Waals surface area contributed by atoms with Crippen LogP contribution >= 0.6 is 11.6 Å². The van der Waals surface area contributed by atoms with Crippen molar-refractivity contribution in [1.82, 2.24) is 9.62 Å². The van der Waals surface area contributed by atoms with Crippen molar-refractivity contribution in [3.8, 4) is 0 Å². The van der Waals surface area contributed by atoms with Crippen LogP contribution in [0.3, 0.4) is 0 Å². The van der Waals surface area contributed by atoms with Gasteiger partial charge in [0.1, 0.15) is 4.90 Å². The number of benzene rings is 1. The summed E-state index contributed by atoms with van der Waals surface area (Å²) in [5.41, 5.74) is 0.277. The van der Waals surface area contributed by atoms with Crippen LogP contribution < -0.4 is 5.32 Å². The number of sulfonamides is 1. The molecule has 0 unspecified atom stereocenters. The van der Waals surface area contributed by atoms with E-state index in [9.17, 15) is 13.2 Å². The zero-order valence-corrected chi connectivity index (χ0v) is 15.7. The van der Waals surface area contributed by atoms with Gasteiger partial charge in [-0.05, 0) is 31.0 Å². The Kier molecular flexibility index (Phi) is 6.25. The van der Waals surface area contributed by atoms with Crippen molar-refractivity contribution < 1.29 is 17.9 Å². The van der Waals surface area contributed by atoms with Crippen molar-refractivity contribution in [2.24, 2.45) is 5.92 Å². The van der Waals surface area contributed by atoms with Crippen molar-refractivity contribution in [3.05, 3.63) is 28.8 Å². The fourth-order valence-electron chi connectivity index (χ4n) is 2.23. The number of amides is 1. The van der Waals surface area contributed by atoms with E-state index >= 15 is 0 Å². The topological polar surface area (TPSA) is 75.7 Å². The number of carbonyl (C=O) groups is 1. The molecule has 1 atom stereocenters. The summed E-state index contributed by atoms with van der Waals surface area (Å²) >= 11 is 6.09. The third-order valence-electron chi connectivity index (χ3n) is 4.14. The average Bonchev–Trinajstić information content (AvgIpc) is 2.55. The molecule has 134 valence electrons. The van der Waals surface area contributed by atoms with Gasteiger partial charge in [-0.1, -0.05) is 25.4 Å². The summed E-state index contributed by atoms with van der Waals surface area (Å²) in [6.07, 6.45) is 0.